The van der Waals surface area contributed by atoms with Crippen LogP contribution in [0.2, 0.25) is 15.1 Å². The topological polar surface area (TPSA) is 39.4 Å². The van der Waals surface area contributed by atoms with E-state index in [4.69, 9.17) is 39.2 Å². The highest BCUT2D eigenvalue weighted by molar-refractivity contribution is 6.44. The Morgan fingerprint density at radius 1 is 1.11 bits per heavy atom. The summed E-state index contributed by atoms with van der Waals surface area (Å²) in [7, 11) is 1.27. The third-order valence-electron chi connectivity index (χ3n) is 2.27. The molecule has 6 heteroatoms. The Bertz CT molecular complexity index is 605. The van der Waals surface area contributed by atoms with Crippen molar-refractivity contribution in [1.82, 2.24) is 0 Å². The molecule has 0 aliphatic heterocycles. The Labute approximate surface area is 118 Å². The smallest absolute Gasteiger partial charge is 0.373 e. The third-order valence-corrected chi connectivity index (χ3v) is 3.30. The lowest BCUT2D eigenvalue weighted by Gasteiger charge is -2.03. The van der Waals surface area contributed by atoms with E-state index in [0.29, 0.717) is 26.4 Å². The number of halogens is 3. The maximum absolute atomic E-state index is 11.3. The molecule has 0 saturated carbocycles. The molecule has 3 nitrogen and oxygen atoms in total. The molecule has 1 aromatic carbocycles. The molecule has 0 unspecified atom stereocenters. The van der Waals surface area contributed by atoms with Crippen molar-refractivity contribution in [3.63, 3.8) is 0 Å². The average molecular weight is 306 g/mol. The number of ether oxygens (including phenoxy) is 1. The maximum Gasteiger partial charge on any atom is 0.373 e. The van der Waals surface area contributed by atoms with Gasteiger partial charge in [0, 0.05) is 5.56 Å². The zero-order valence-corrected chi connectivity index (χ0v) is 11.4. The van der Waals surface area contributed by atoms with Crippen LogP contribution in [0, 0.1) is 0 Å². The molecule has 1 heterocycles. The Morgan fingerprint density at radius 2 is 1.78 bits per heavy atom. The van der Waals surface area contributed by atoms with Crippen LogP contribution in [0.4, 0.5) is 0 Å². The second-order valence-electron chi connectivity index (χ2n) is 3.40. The van der Waals surface area contributed by atoms with Crippen LogP contribution in [-0.2, 0) is 4.74 Å². The highest BCUT2D eigenvalue weighted by atomic mass is 35.5. The van der Waals surface area contributed by atoms with Crippen molar-refractivity contribution in [1.29, 1.82) is 0 Å². The molecule has 1 aromatic heterocycles. The molecule has 0 aliphatic carbocycles. The van der Waals surface area contributed by atoms with Crippen molar-refractivity contribution in [3.8, 4) is 11.3 Å². The van der Waals surface area contributed by atoms with Crippen LogP contribution < -0.4 is 0 Å². The minimum absolute atomic E-state index is 0.0923. The fourth-order valence-corrected chi connectivity index (χ4v) is 2.04. The molecule has 94 valence electrons. The van der Waals surface area contributed by atoms with Gasteiger partial charge in [-0.25, -0.2) is 4.79 Å². The summed E-state index contributed by atoms with van der Waals surface area (Å²) in [5, 5.41) is 1.09. The van der Waals surface area contributed by atoms with E-state index in [2.05, 4.69) is 4.74 Å². The lowest BCUT2D eigenvalue weighted by molar-refractivity contribution is 0.0566. The molecule has 0 amide bonds. The van der Waals surface area contributed by atoms with Crippen molar-refractivity contribution in [2.24, 2.45) is 0 Å². The van der Waals surface area contributed by atoms with Crippen LogP contribution in [0.3, 0.4) is 0 Å². The van der Waals surface area contributed by atoms with Crippen molar-refractivity contribution < 1.29 is 13.9 Å². The van der Waals surface area contributed by atoms with Crippen LogP contribution in [-0.4, -0.2) is 13.1 Å². The minimum atomic E-state index is -0.558. The predicted octanol–water partition coefficient (Wildman–Crippen LogP) is 4.69. The fourth-order valence-electron chi connectivity index (χ4n) is 1.40. The molecule has 2 rings (SSSR count). The van der Waals surface area contributed by atoms with Gasteiger partial charge in [0.05, 0.1) is 22.2 Å². The predicted molar refractivity (Wildman–Crippen MR) is 70.5 cm³/mol. The van der Waals surface area contributed by atoms with E-state index in [1.165, 1.54) is 19.2 Å². The summed E-state index contributed by atoms with van der Waals surface area (Å²) in [6.45, 7) is 0. The Balaban J connectivity index is 2.46. The van der Waals surface area contributed by atoms with Crippen LogP contribution in [0.1, 0.15) is 10.6 Å². The number of hydrogen-bond donors (Lipinski definition) is 0. The van der Waals surface area contributed by atoms with Crippen LogP contribution in [0.25, 0.3) is 11.3 Å². The molecule has 0 N–H and O–H groups in total. The molecule has 2 aromatic rings. The van der Waals surface area contributed by atoms with E-state index in [0.717, 1.165) is 0 Å². The minimum Gasteiger partial charge on any atom is -0.463 e. The van der Waals surface area contributed by atoms with Gasteiger partial charge in [0.2, 0.25) is 5.76 Å². The van der Waals surface area contributed by atoms with Gasteiger partial charge < -0.3 is 9.15 Å². The summed E-state index contributed by atoms with van der Waals surface area (Å²) in [5.41, 5.74) is 0.557. The summed E-state index contributed by atoms with van der Waals surface area (Å²) in [6.07, 6.45) is 0. The molecule has 0 saturated heterocycles. The lowest BCUT2D eigenvalue weighted by atomic mass is 10.2. The van der Waals surface area contributed by atoms with Crippen molar-refractivity contribution in [3.05, 3.63) is 45.1 Å². The van der Waals surface area contributed by atoms with Gasteiger partial charge in [-0.05, 0) is 24.3 Å². The van der Waals surface area contributed by atoms with Gasteiger partial charge in [-0.2, -0.15) is 0 Å². The van der Waals surface area contributed by atoms with Crippen molar-refractivity contribution >= 4 is 40.8 Å². The van der Waals surface area contributed by atoms with Gasteiger partial charge in [-0.3, -0.25) is 0 Å². The fraction of sp³-hybridized carbons (Fsp3) is 0.0833. The van der Waals surface area contributed by atoms with Crippen LogP contribution in [0.15, 0.2) is 28.7 Å². The molecule has 0 fully saturated rings. The number of rotatable bonds is 2. The number of benzene rings is 1. The Morgan fingerprint density at radius 3 is 2.44 bits per heavy atom. The highest BCUT2D eigenvalue weighted by Gasteiger charge is 2.15. The molecule has 18 heavy (non-hydrogen) atoms. The van der Waals surface area contributed by atoms with Gasteiger partial charge in [0.1, 0.15) is 5.76 Å². The number of carbonyl (C=O) groups excluding carboxylic acids is 1. The van der Waals surface area contributed by atoms with Gasteiger partial charge >= 0.3 is 5.97 Å². The highest BCUT2D eigenvalue weighted by Crippen LogP contribution is 2.35. The second kappa shape index (κ2) is 5.22. The molecule has 0 bridgehead atoms. The van der Waals surface area contributed by atoms with E-state index >= 15 is 0 Å². The largest absolute Gasteiger partial charge is 0.463 e. The second-order valence-corrected chi connectivity index (χ2v) is 4.62. The number of furan rings is 1. The summed E-state index contributed by atoms with van der Waals surface area (Å²) in [6, 6.07) is 6.20. The first kappa shape index (κ1) is 13.3. The monoisotopic (exact) mass is 304 g/mol. The molecule has 0 aliphatic rings. The first-order chi connectivity index (χ1) is 8.52. The third kappa shape index (κ3) is 2.48. The van der Waals surface area contributed by atoms with E-state index in [-0.39, 0.29) is 5.76 Å². The van der Waals surface area contributed by atoms with Gasteiger partial charge in [-0.15, -0.1) is 0 Å². The van der Waals surface area contributed by atoms with E-state index in [1.807, 2.05) is 0 Å². The first-order valence-corrected chi connectivity index (χ1v) is 5.99. The quantitative estimate of drug-likeness (QED) is 0.596. The lowest BCUT2D eigenvalue weighted by Crippen LogP contribution is -1.98. The van der Waals surface area contributed by atoms with Crippen molar-refractivity contribution in [2.45, 2.75) is 0 Å². The van der Waals surface area contributed by atoms with Gasteiger partial charge in [-0.1, -0.05) is 34.8 Å². The molecule has 0 atom stereocenters. The van der Waals surface area contributed by atoms with Gasteiger partial charge in [0.15, 0.2) is 0 Å². The Hall–Kier alpha value is -1.16. The maximum atomic E-state index is 11.3. The SMILES string of the molecule is COC(=O)c1ccc(-c2cc(Cl)c(Cl)cc2Cl)o1. The van der Waals surface area contributed by atoms with E-state index in [1.54, 1.807) is 12.1 Å². The van der Waals surface area contributed by atoms with E-state index < -0.39 is 5.97 Å². The van der Waals surface area contributed by atoms with Crippen molar-refractivity contribution in [2.75, 3.05) is 7.11 Å². The average Bonchev–Trinajstić information content (AvgIpc) is 2.82. The number of hydrogen-bond acceptors (Lipinski definition) is 3. The molecule has 0 radical (unpaired) electrons. The molecule has 0 spiro atoms. The zero-order valence-electron chi connectivity index (χ0n) is 9.17. The number of carbonyl (C=O) groups is 1. The summed E-state index contributed by atoms with van der Waals surface area (Å²) in [5.74, 6) is -0.0500. The van der Waals surface area contributed by atoms with Gasteiger partial charge in [0.25, 0.3) is 0 Å². The Kier molecular flexibility index (Phi) is 3.85. The first-order valence-electron chi connectivity index (χ1n) is 4.86. The zero-order chi connectivity index (χ0) is 13.3. The standard InChI is InChI=1S/C12H7Cl3O3/c1-17-12(16)11-3-2-10(18-11)6-4-8(14)9(15)5-7(6)13/h2-5H,1H3. The number of esters is 1. The van der Waals surface area contributed by atoms with E-state index in [9.17, 15) is 4.79 Å². The normalized spacial score (nSPS) is 10.4. The summed E-state index contributed by atoms with van der Waals surface area (Å²) in [4.78, 5) is 11.3. The van der Waals surface area contributed by atoms with Crippen LogP contribution >= 0.6 is 34.8 Å². The number of methoxy groups -OCH3 is 1. The molecular weight excluding hydrogens is 298 g/mol. The summed E-state index contributed by atoms with van der Waals surface area (Å²) >= 11 is 17.8. The van der Waals surface area contributed by atoms with Crippen LogP contribution in [0.5, 0.6) is 0 Å². The molecular formula is C12H7Cl3O3. The summed E-state index contributed by atoms with van der Waals surface area (Å²) < 4.78 is 9.88.